The van der Waals surface area contributed by atoms with Gasteiger partial charge in [0.15, 0.2) is 0 Å². The van der Waals surface area contributed by atoms with Gasteiger partial charge in [0.05, 0.1) is 0 Å². The van der Waals surface area contributed by atoms with E-state index in [1.807, 2.05) is 0 Å². The van der Waals surface area contributed by atoms with Crippen LogP contribution in [0, 0.1) is 0 Å². The molecule has 7 heteroatoms. The van der Waals surface area contributed by atoms with Gasteiger partial charge in [-0.15, -0.1) is 0 Å². The molecular formula is C15H11Cl2F2NO2. The van der Waals surface area contributed by atoms with Crippen LogP contribution in [0.3, 0.4) is 0 Å². The van der Waals surface area contributed by atoms with E-state index in [1.165, 1.54) is 24.3 Å². The highest BCUT2D eigenvalue weighted by Gasteiger charge is 2.09. The summed E-state index contributed by atoms with van der Waals surface area (Å²) in [5.74, 6) is -0.359. The van der Waals surface area contributed by atoms with Crippen molar-refractivity contribution in [2.24, 2.45) is 0 Å². The van der Waals surface area contributed by atoms with Crippen LogP contribution in [0.4, 0.5) is 8.78 Å². The number of carbonyl (C=O) groups excluding carboxylic acids is 1. The topological polar surface area (TPSA) is 38.3 Å². The number of ether oxygens (including phenoxy) is 1. The molecule has 2 rings (SSSR count). The first kappa shape index (κ1) is 16.5. The van der Waals surface area contributed by atoms with Crippen LogP contribution in [0.2, 0.25) is 10.0 Å². The Hall–Kier alpha value is -1.85. The molecule has 116 valence electrons. The zero-order valence-electron chi connectivity index (χ0n) is 11.2. The zero-order valence-corrected chi connectivity index (χ0v) is 12.7. The smallest absolute Gasteiger partial charge is 0.387 e. The van der Waals surface area contributed by atoms with Gasteiger partial charge in [-0.25, -0.2) is 0 Å². The Morgan fingerprint density at radius 3 is 2.41 bits per heavy atom. The fraction of sp³-hybridized carbons (Fsp3) is 0.133. The Morgan fingerprint density at radius 1 is 1.14 bits per heavy atom. The molecule has 1 amide bonds. The molecule has 0 aliphatic heterocycles. The number of alkyl halides is 2. The van der Waals surface area contributed by atoms with Gasteiger partial charge in [0, 0.05) is 22.2 Å². The number of halogens is 4. The maximum absolute atomic E-state index is 12.0. The molecule has 0 aromatic heterocycles. The molecule has 0 unspecified atom stereocenters. The molecule has 0 aliphatic rings. The Labute approximate surface area is 135 Å². The standard InChI is InChI=1S/C15H11Cl2F2NO2/c16-11-4-1-10(13(17)7-11)8-20-14(21)9-2-5-12(6-3-9)22-15(18)19/h1-7,15H,8H2,(H,20,21). The van der Waals surface area contributed by atoms with Gasteiger partial charge in [0.1, 0.15) is 5.75 Å². The second-order valence-corrected chi connectivity index (χ2v) is 5.16. The first-order valence-electron chi connectivity index (χ1n) is 6.22. The molecule has 0 bridgehead atoms. The SMILES string of the molecule is O=C(NCc1ccc(Cl)cc1Cl)c1ccc(OC(F)F)cc1. The van der Waals surface area contributed by atoms with E-state index in [0.29, 0.717) is 15.6 Å². The third kappa shape index (κ3) is 4.58. The molecule has 22 heavy (non-hydrogen) atoms. The van der Waals surface area contributed by atoms with Crippen LogP contribution in [-0.2, 0) is 6.54 Å². The first-order valence-corrected chi connectivity index (χ1v) is 6.98. The summed E-state index contributed by atoms with van der Waals surface area (Å²) >= 11 is 11.8. The Kier molecular flexibility index (Phi) is 5.57. The normalized spacial score (nSPS) is 10.6. The number of benzene rings is 2. The third-order valence-corrected chi connectivity index (χ3v) is 3.38. The minimum Gasteiger partial charge on any atom is -0.435 e. The van der Waals surface area contributed by atoms with Gasteiger partial charge in [-0.3, -0.25) is 4.79 Å². The van der Waals surface area contributed by atoms with Gasteiger partial charge >= 0.3 is 6.61 Å². The summed E-state index contributed by atoms with van der Waals surface area (Å²) in [5, 5.41) is 3.64. The van der Waals surface area contributed by atoms with Crippen LogP contribution in [0.5, 0.6) is 5.75 Å². The lowest BCUT2D eigenvalue weighted by Gasteiger charge is -2.08. The fourth-order valence-electron chi connectivity index (χ4n) is 1.73. The maximum Gasteiger partial charge on any atom is 0.387 e. The molecule has 0 saturated heterocycles. The van der Waals surface area contributed by atoms with E-state index in [-0.39, 0.29) is 18.2 Å². The number of hydrogen-bond acceptors (Lipinski definition) is 2. The average molecular weight is 346 g/mol. The van der Waals surface area contributed by atoms with Gasteiger partial charge in [0.2, 0.25) is 0 Å². The molecular weight excluding hydrogens is 335 g/mol. The van der Waals surface area contributed by atoms with Crippen LogP contribution in [0.15, 0.2) is 42.5 Å². The summed E-state index contributed by atoms with van der Waals surface area (Å²) in [6, 6.07) is 10.4. The van der Waals surface area contributed by atoms with E-state index >= 15 is 0 Å². The predicted molar refractivity (Wildman–Crippen MR) is 80.7 cm³/mol. The summed E-state index contributed by atoms with van der Waals surface area (Å²) in [6.07, 6.45) is 0. The van der Waals surface area contributed by atoms with Crippen molar-refractivity contribution in [3.8, 4) is 5.75 Å². The largest absolute Gasteiger partial charge is 0.435 e. The lowest BCUT2D eigenvalue weighted by atomic mass is 10.2. The Bertz CT molecular complexity index is 663. The Balaban J connectivity index is 1.97. The highest BCUT2D eigenvalue weighted by Crippen LogP contribution is 2.21. The zero-order chi connectivity index (χ0) is 16.1. The molecule has 0 aliphatic carbocycles. The number of carbonyl (C=O) groups is 1. The third-order valence-electron chi connectivity index (χ3n) is 2.80. The summed E-state index contributed by atoms with van der Waals surface area (Å²) < 4.78 is 28.3. The highest BCUT2D eigenvalue weighted by molar-refractivity contribution is 6.35. The van der Waals surface area contributed by atoms with E-state index < -0.39 is 6.61 Å². The van der Waals surface area contributed by atoms with Crippen molar-refractivity contribution >= 4 is 29.1 Å². The summed E-state index contributed by atoms with van der Waals surface area (Å²) in [4.78, 5) is 12.0. The van der Waals surface area contributed by atoms with Crippen molar-refractivity contribution in [3.05, 3.63) is 63.6 Å². The lowest BCUT2D eigenvalue weighted by Crippen LogP contribution is -2.22. The van der Waals surface area contributed by atoms with E-state index in [9.17, 15) is 13.6 Å². The molecule has 0 spiro atoms. The number of amides is 1. The van der Waals surface area contributed by atoms with E-state index in [4.69, 9.17) is 23.2 Å². The van der Waals surface area contributed by atoms with Crippen LogP contribution >= 0.6 is 23.2 Å². The minimum absolute atomic E-state index is 0.00713. The molecule has 3 nitrogen and oxygen atoms in total. The van der Waals surface area contributed by atoms with Crippen LogP contribution in [0.25, 0.3) is 0 Å². The van der Waals surface area contributed by atoms with Crippen molar-refractivity contribution in [2.45, 2.75) is 13.2 Å². The second kappa shape index (κ2) is 7.42. The average Bonchev–Trinajstić information content (AvgIpc) is 2.46. The fourth-order valence-corrected chi connectivity index (χ4v) is 2.21. The predicted octanol–water partition coefficient (Wildman–Crippen LogP) is 4.52. The van der Waals surface area contributed by atoms with Gasteiger partial charge in [-0.05, 0) is 42.0 Å². The van der Waals surface area contributed by atoms with E-state index in [2.05, 4.69) is 10.1 Å². The number of nitrogens with one attached hydrogen (secondary N) is 1. The molecule has 0 saturated carbocycles. The second-order valence-electron chi connectivity index (χ2n) is 4.32. The highest BCUT2D eigenvalue weighted by atomic mass is 35.5. The van der Waals surface area contributed by atoms with Gasteiger partial charge < -0.3 is 10.1 Å². The summed E-state index contributed by atoms with van der Waals surface area (Å²) in [6.45, 7) is -2.67. The minimum atomic E-state index is -2.90. The molecule has 0 fully saturated rings. The molecule has 0 atom stereocenters. The Morgan fingerprint density at radius 2 is 1.82 bits per heavy atom. The van der Waals surface area contributed by atoms with E-state index in [1.54, 1.807) is 18.2 Å². The quantitative estimate of drug-likeness (QED) is 0.864. The van der Waals surface area contributed by atoms with Crippen LogP contribution in [-0.4, -0.2) is 12.5 Å². The summed E-state index contributed by atoms with van der Waals surface area (Å²) in [7, 11) is 0. The summed E-state index contributed by atoms with van der Waals surface area (Å²) in [5.41, 5.74) is 1.05. The molecule has 0 radical (unpaired) electrons. The van der Waals surface area contributed by atoms with Crippen molar-refractivity contribution in [1.29, 1.82) is 0 Å². The molecule has 0 heterocycles. The molecule has 2 aromatic carbocycles. The monoisotopic (exact) mass is 345 g/mol. The maximum atomic E-state index is 12.0. The lowest BCUT2D eigenvalue weighted by molar-refractivity contribution is -0.0498. The van der Waals surface area contributed by atoms with Gasteiger partial charge in [-0.1, -0.05) is 29.3 Å². The van der Waals surface area contributed by atoms with Crippen molar-refractivity contribution in [1.82, 2.24) is 5.32 Å². The van der Waals surface area contributed by atoms with Gasteiger partial charge in [0.25, 0.3) is 5.91 Å². The number of rotatable bonds is 5. The first-order chi connectivity index (χ1) is 10.5. The number of hydrogen-bond donors (Lipinski definition) is 1. The van der Waals surface area contributed by atoms with Crippen LogP contribution < -0.4 is 10.1 Å². The molecule has 2 aromatic rings. The van der Waals surface area contributed by atoms with Gasteiger partial charge in [-0.2, -0.15) is 8.78 Å². The van der Waals surface area contributed by atoms with Crippen molar-refractivity contribution in [2.75, 3.05) is 0 Å². The van der Waals surface area contributed by atoms with Crippen molar-refractivity contribution in [3.63, 3.8) is 0 Å². The van der Waals surface area contributed by atoms with Crippen molar-refractivity contribution < 1.29 is 18.3 Å². The van der Waals surface area contributed by atoms with E-state index in [0.717, 1.165) is 5.56 Å². The van der Waals surface area contributed by atoms with Crippen LogP contribution in [0.1, 0.15) is 15.9 Å². The molecule has 1 N–H and O–H groups in total.